The predicted octanol–water partition coefficient (Wildman–Crippen LogP) is 2.73. The van der Waals surface area contributed by atoms with E-state index in [0.717, 1.165) is 12.0 Å². The minimum absolute atomic E-state index is 0.851. The molecule has 0 aromatic heterocycles. The first kappa shape index (κ1) is 9.79. The molecule has 0 aromatic carbocycles. The van der Waals surface area contributed by atoms with Gasteiger partial charge < -0.3 is 5.32 Å². The lowest BCUT2D eigenvalue weighted by molar-refractivity contribution is 0.588. The average molecular weight is 167 g/mol. The molecule has 0 aliphatic heterocycles. The zero-order chi connectivity index (χ0) is 8.81. The van der Waals surface area contributed by atoms with Crippen LogP contribution in [0.2, 0.25) is 0 Å². The Morgan fingerprint density at radius 3 is 2.75 bits per heavy atom. The Hall–Kier alpha value is -0.300. The first-order valence-electron chi connectivity index (χ1n) is 5.19. The molecule has 1 N–H and O–H groups in total. The average Bonchev–Trinajstić information content (AvgIpc) is 2.74. The third kappa shape index (κ3) is 3.91. The highest BCUT2D eigenvalue weighted by atomic mass is 15.0. The molecule has 1 heteroatoms. The summed E-state index contributed by atoms with van der Waals surface area (Å²) in [7, 11) is 0. The zero-order valence-corrected chi connectivity index (χ0v) is 8.18. The van der Waals surface area contributed by atoms with Crippen LogP contribution < -0.4 is 5.32 Å². The summed E-state index contributed by atoms with van der Waals surface area (Å²) < 4.78 is 0. The molecule has 1 aliphatic carbocycles. The van der Waals surface area contributed by atoms with Gasteiger partial charge in [-0.15, -0.1) is 6.58 Å². The van der Waals surface area contributed by atoms with Gasteiger partial charge in [0, 0.05) is 6.04 Å². The predicted molar refractivity (Wildman–Crippen MR) is 54.2 cm³/mol. The molecule has 1 fully saturated rings. The van der Waals surface area contributed by atoms with Crippen molar-refractivity contribution in [2.24, 2.45) is 5.92 Å². The van der Waals surface area contributed by atoms with Gasteiger partial charge in [-0.05, 0) is 38.1 Å². The SMILES string of the molecule is C=CCCCCCNC1CC1C. The van der Waals surface area contributed by atoms with E-state index in [1.807, 2.05) is 6.08 Å². The maximum absolute atomic E-state index is 3.71. The summed E-state index contributed by atoms with van der Waals surface area (Å²) in [6.07, 6.45) is 8.57. The van der Waals surface area contributed by atoms with Crippen LogP contribution in [-0.2, 0) is 0 Å². The number of unbranched alkanes of at least 4 members (excludes halogenated alkanes) is 3. The summed E-state index contributed by atoms with van der Waals surface area (Å²) in [6, 6.07) is 0.851. The first-order valence-corrected chi connectivity index (χ1v) is 5.19. The molecule has 0 spiro atoms. The quantitative estimate of drug-likeness (QED) is 0.454. The molecule has 0 amide bonds. The molecule has 0 heterocycles. The van der Waals surface area contributed by atoms with Gasteiger partial charge in [-0.3, -0.25) is 0 Å². The molecular formula is C11H21N. The molecule has 2 unspecified atom stereocenters. The van der Waals surface area contributed by atoms with Gasteiger partial charge in [-0.2, -0.15) is 0 Å². The van der Waals surface area contributed by atoms with Crippen LogP contribution in [0.3, 0.4) is 0 Å². The van der Waals surface area contributed by atoms with Gasteiger partial charge in [0.15, 0.2) is 0 Å². The van der Waals surface area contributed by atoms with E-state index in [-0.39, 0.29) is 0 Å². The van der Waals surface area contributed by atoms with Gasteiger partial charge in [0.2, 0.25) is 0 Å². The van der Waals surface area contributed by atoms with Crippen LogP contribution >= 0.6 is 0 Å². The number of allylic oxidation sites excluding steroid dienone is 1. The van der Waals surface area contributed by atoms with Gasteiger partial charge in [0.25, 0.3) is 0 Å². The molecule has 1 saturated carbocycles. The highest BCUT2D eigenvalue weighted by molar-refractivity contribution is 4.89. The maximum Gasteiger partial charge on any atom is 0.00963 e. The van der Waals surface area contributed by atoms with Crippen molar-refractivity contribution >= 4 is 0 Å². The Bertz CT molecular complexity index is 131. The van der Waals surface area contributed by atoms with Crippen molar-refractivity contribution in [1.82, 2.24) is 5.32 Å². The number of hydrogen-bond donors (Lipinski definition) is 1. The third-order valence-corrected chi connectivity index (χ3v) is 2.60. The van der Waals surface area contributed by atoms with Crippen molar-refractivity contribution < 1.29 is 0 Å². The molecule has 0 radical (unpaired) electrons. The molecular weight excluding hydrogens is 146 g/mol. The largest absolute Gasteiger partial charge is 0.314 e. The minimum atomic E-state index is 0.851. The molecule has 12 heavy (non-hydrogen) atoms. The van der Waals surface area contributed by atoms with Crippen molar-refractivity contribution in [2.75, 3.05) is 6.54 Å². The first-order chi connectivity index (χ1) is 5.84. The van der Waals surface area contributed by atoms with Crippen LogP contribution in [0, 0.1) is 5.92 Å². The topological polar surface area (TPSA) is 12.0 Å². The van der Waals surface area contributed by atoms with Crippen molar-refractivity contribution in [1.29, 1.82) is 0 Å². The summed E-state index contributed by atoms with van der Waals surface area (Å²) in [6.45, 7) is 7.24. The van der Waals surface area contributed by atoms with Gasteiger partial charge in [0.05, 0.1) is 0 Å². The molecule has 1 nitrogen and oxygen atoms in total. The number of rotatable bonds is 7. The van der Waals surface area contributed by atoms with Crippen LogP contribution in [-0.4, -0.2) is 12.6 Å². The van der Waals surface area contributed by atoms with Crippen LogP contribution in [0.15, 0.2) is 12.7 Å². The third-order valence-electron chi connectivity index (χ3n) is 2.60. The molecule has 1 rings (SSSR count). The second kappa shape index (κ2) is 5.36. The summed E-state index contributed by atoms with van der Waals surface area (Å²) >= 11 is 0. The highest BCUT2D eigenvalue weighted by Crippen LogP contribution is 2.28. The maximum atomic E-state index is 3.71. The highest BCUT2D eigenvalue weighted by Gasteiger charge is 2.31. The second-order valence-electron chi connectivity index (χ2n) is 3.91. The van der Waals surface area contributed by atoms with E-state index < -0.39 is 0 Å². The van der Waals surface area contributed by atoms with Crippen molar-refractivity contribution in [3.05, 3.63) is 12.7 Å². The fourth-order valence-corrected chi connectivity index (χ4v) is 1.48. The second-order valence-corrected chi connectivity index (χ2v) is 3.91. The van der Waals surface area contributed by atoms with Crippen LogP contribution in [0.1, 0.15) is 39.0 Å². The fourth-order valence-electron chi connectivity index (χ4n) is 1.48. The smallest absolute Gasteiger partial charge is 0.00963 e. The molecule has 2 atom stereocenters. The Balaban J connectivity index is 1.74. The summed E-state index contributed by atoms with van der Waals surface area (Å²) in [5, 5.41) is 3.56. The van der Waals surface area contributed by atoms with Gasteiger partial charge >= 0.3 is 0 Å². The Kier molecular flexibility index (Phi) is 4.37. The Labute approximate surface area is 76.2 Å². The summed E-state index contributed by atoms with van der Waals surface area (Å²) in [5.41, 5.74) is 0. The van der Waals surface area contributed by atoms with Crippen LogP contribution in [0.4, 0.5) is 0 Å². The van der Waals surface area contributed by atoms with E-state index in [4.69, 9.17) is 0 Å². The van der Waals surface area contributed by atoms with Crippen molar-refractivity contribution in [3.8, 4) is 0 Å². The van der Waals surface area contributed by atoms with E-state index in [1.54, 1.807) is 0 Å². The van der Waals surface area contributed by atoms with Crippen molar-refractivity contribution in [3.63, 3.8) is 0 Å². The van der Waals surface area contributed by atoms with E-state index in [1.165, 1.54) is 38.6 Å². The van der Waals surface area contributed by atoms with Crippen LogP contribution in [0.25, 0.3) is 0 Å². The van der Waals surface area contributed by atoms with Crippen LogP contribution in [0.5, 0.6) is 0 Å². The van der Waals surface area contributed by atoms with E-state index in [2.05, 4.69) is 18.8 Å². The lowest BCUT2D eigenvalue weighted by Gasteiger charge is -2.01. The zero-order valence-electron chi connectivity index (χ0n) is 8.18. The lowest BCUT2D eigenvalue weighted by Crippen LogP contribution is -2.18. The van der Waals surface area contributed by atoms with Crippen molar-refractivity contribution in [2.45, 2.75) is 45.1 Å². The molecule has 70 valence electrons. The van der Waals surface area contributed by atoms with Gasteiger partial charge in [0.1, 0.15) is 0 Å². The Morgan fingerprint density at radius 1 is 1.42 bits per heavy atom. The standard InChI is InChI=1S/C11H21N/c1-3-4-5-6-7-8-12-11-9-10(11)2/h3,10-12H,1,4-9H2,2H3. The van der Waals surface area contributed by atoms with Gasteiger partial charge in [-0.25, -0.2) is 0 Å². The summed E-state index contributed by atoms with van der Waals surface area (Å²) in [4.78, 5) is 0. The Morgan fingerprint density at radius 2 is 2.17 bits per heavy atom. The lowest BCUT2D eigenvalue weighted by atomic mass is 10.2. The summed E-state index contributed by atoms with van der Waals surface area (Å²) in [5.74, 6) is 0.943. The molecule has 0 bridgehead atoms. The fraction of sp³-hybridized carbons (Fsp3) is 0.818. The molecule has 1 aliphatic rings. The monoisotopic (exact) mass is 167 g/mol. The minimum Gasteiger partial charge on any atom is -0.314 e. The van der Waals surface area contributed by atoms with E-state index in [0.29, 0.717) is 0 Å². The van der Waals surface area contributed by atoms with E-state index >= 15 is 0 Å². The molecule has 0 saturated heterocycles. The number of nitrogens with one attached hydrogen (secondary N) is 1. The normalized spacial score (nSPS) is 27.1. The van der Waals surface area contributed by atoms with Gasteiger partial charge in [-0.1, -0.05) is 19.4 Å². The number of hydrogen-bond acceptors (Lipinski definition) is 1. The molecule has 0 aromatic rings. The van der Waals surface area contributed by atoms with E-state index in [9.17, 15) is 0 Å².